The van der Waals surface area contributed by atoms with E-state index < -0.39 is 0 Å². The fourth-order valence-corrected chi connectivity index (χ4v) is 4.73. The zero-order valence-corrected chi connectivity index (χ0v) is 13.4. The second kappa shape index (κ2) is 6.26. The predicted octanol–water partition coefficient (Wildman–Crippen LogP) is 1.52. The summed E-state index contributed by atoms with van der Waals surface area (Å²) in [6, 6.07) is 0.819. The first-order valence-electron chi connectivity index (χ1n) is 8.58. The lowest BCUT2D eigenvalue weighted by molar-refractivity contribution is -0.0346. The van der Waals surface area contributed by atoms with Gasteiger partial charge in [0.1, 0.15) is 6.61 Å². The number of methoxy groups -OCH3 is 1. The molecule has 3 aliphatic heterocycles. The van der Waals surface area contributed by atoms with Gasteiger partial charge in [-0.1, -0.05) is 11.6 Å². The summed E-state index contributed by atoms with van der Waals surface area (Å²) in [4.78, 5) is 9.70. The molecule has 3 saturated heterocycles. The molecule has 0 amide bonds. The standard InChI is InChI=1S/C16H26N4O2/c1-21-11-15-17-16(22-18-15)10-19-7-12-6-13(9-19)14-4-2-3-5-20(14)8-12/h12-14H,2-11H2,1H3/t12-,13+,14-/m0/s1. The summed E-state index contributed by atoms with van der Waals surface area (Å²) in [5, 5.41) is 3.96. The molecule has 0 aromatic carbocycles. The summed E-state index contributed by atoms with van der Waals surface area (Å²) >= 11 is 0. The molecule has 0 spiro atoms. The van der Waals surface area contributed by atoms with E-state index >= 15 is 0 Å². The zero-order chi connectivity index (χ0) is 14.9. The number of likely N-dealkylation sites (tertiary alicyclic amines) is 1. The van der Waals surface area contributed by atoms with Crippen molar-refractivity contribution in [1.29, 1.82) is 0 Å². The summed E-state index contributed by atoms with van der Waals surface area (Å²) in [7, 11) is 1.65. The van der Waals surface area contributed by atoms with E-state index in [0.29, 0.717) is 12.4 Å². The van der Waals surface area contributed by atoms with Crippen LogP contribution < -0.4 is 0 Å². The Labute approximate surface area is 131 Å². The summed E-state index contributed by atoms with van der Waals surface area (Å²) in [5.41, 5.74) is 0. The Bertz CT molecular complexity index is 506. The van der Waals surface area contributed by atoms with Gasteiger partial charge in [0.05, 0.1) is 6.54 Å². The van der Waals surface area contributed by atoms with Crippen LogP contribution in [-0.4, -0.2) is 59.3 Å². The van der Waals surface area contributed by atoms with Gasteiger partial charge in [-0.2, -0.15) is 4.98 Å². The molecule has 6 nitrogen and oxygen atoms in total. The minimum Gasteiger partial charge on any atom is -0.377 e. The van der Waals surface area contributed by atoms with Crippen LogP contribution in [0.3, 0.4) is 0 Å². The molecule has 0 aliphatic carbocycles. The molecule has 22 heavy (non-hydrogen) atoms. The molecule has 4 heterocycles. The van der Waals surface area contributed by atoms with E-state index in [0.717, 1.165) is 30.3 Å². The van der Waals surface area contributed by atoms with Crippen molar-refractivity contribution in [2.75, 3.05) is 33.3 Å². The van der Waals surface area contributed by atoms with E-state index in [-0.39, 0.29) is 0 Å². The quantitative estimate of drug-likeness (QED) is 0.841. The van der Waals surface area contributed by atoms with E-state index in [2.05, 4.69) is 19.9 Å². The van der Waals surface area contributed by atoms with Crippen molar-refractivity contribution in [1.82, 2.24) is 19.9 Å². The van der Waals surface area contributed by atoms with Crippen LogP contribution in [0.4, 0.5) is 0 Å². The van der Waals surface area contributed by atoms with Gasteiger partial charge >= 0.3 is 0 Å². The molecule has 122 valence electrons. The molecule has 6 heteroatoms. The minimum atomic E-state index is 0.422. The van der Waals surface area contributed by atoms with E-state index in [9.17, 15) is 0 Å². The summed E-state index contributed by atoms with van der Waals surface area (Å²) in [6.45, 7) is 6.17. The average molecular weight is 306 g/mol. The smallest absolute Gasteiger partial charge is 0.240 e. The lowest BCUT2D eigenvalue weighted by atomic mass is 9.76. The van der Waals surface area contributed by atoms with Crippen LogP contribution in [0.5, 0.6) is 0 Å². The number of ether oxygens (including phenoxy) is 1. The minimum absolute atomic E-state index is 0.422. The maximum absolute atomic E-state index is 5.36. The maximum atomic E-state index is 5.36. The Morgan fingerprint density at radius 1 is 1.27 bits per heavy atom. The van der Waals surface area contributed by atoms with Crippen LogP contribution in [0.15, 0.2) is 4.52 Å². The largest absolute Gasteiger partial charge is 0.377 e. The molecule has 3 atom stereocenters. The van der Waals surface area contributed by atoms with Gasteiger partial charge in [0.15, 0.2) is 5.82 Å². The first-order valence-corrected chi connectivity index (χ1v) is 8.58. The maximum Gasteiger partial charge on any atom is 0.240 e. The van der Waals surface area contributed by atoms with Gasteiger partial charge in [0.25, 0.3) is 0 Å². The van der Waals surface area contributed by atoms with Crippen LogP contribution in [0.25, 0.3) is 0 Å². The topological polar surface area (TPSA) is 54.6 Å². The van der Waals surface area contributed by atoms with Gasteiger partial charge in [-0.15, -0.1) is 0 Å². The van der Waals surface area contributed by atoms with Crippen LogP contribution in [-0.2, 0) is 17.9 Å². The van der Waals surface area contributed by atoms with Crippen molar-refractivity contribution < 1.29 is 9.26 Å². The number of fused-ring (bicyclic) bond motifs is 4. The highest BCUT2D eigenvalue weighted by Gasteiger charge is 2.41. The molecule has 1 aromatic rings. The van der Waals surface area contributed by atoms with Crippen molar-refractivity contribution in [2.45, 2.75) is 44.9 Å². The van der Waals surface area contributed by atoms with Crippen LogP contribution in [0, 0.1) is 11.8 Å². The fourth-order valence-electron chi connectivity index (χ4n) is 4.73. The van der Waals surface area contributed by atoms with Crippen molar-refractivity contribution in [3.05, 3.63) is 11.7 Å². The molecule has 3 aliphatic rings. The first kappa shape index (κ1) is 14.6. The highest BCUT2D eigenvalue weighted by atomic mass is 16.5. The van der Waals surface area contributed by atoms with Crippen LogP contribution in [0.1, 0.15) is 37.4 Å². The molecule has 0 unspecified atom stereocenters. The Balaban J connectivity index is 1.40. The monoisotopic (exact) mass is 306 g/mol. The Morgan fingerprint density at radius 3 is 3.14 bits per heavy atom. The lowest BCUT2D eigenvalue weighted by Gasteiger charge is -2.52. The third-order valence-electron chi connectivity index (χ3n) is 5.49. The van der Waals surface area contributed by atoms with Gasteiger partial charge in [-0.25, -0.2) is 0 Å². The van der Waals surface area contributed by atoms with Gasteiger partial charge in [0.2, 0.25) is 5.89 Å². The Morgan fingerprint density at radius 2 is 2.23 bits per heavy atom. The summed E-state index contributed by atoms with van der Waals surface area (Å²) in [5.74, 6) is 3.02. The zero-order valence-electron chi connectivity index (χ0n) is 13.4. The van der Waals surface area contributed by atoms with E-state index in [1.807, 2.05) is 0 Å². The second-order valence-electron chi connectivity index (χ2n) is 7.15. The molecule has 1 aromatic heterocycles. The SMILES string of the molecule is COCc1noc(CN2C[C@@H]3C[C@H](C2)[C@@H]2CCCCN2C3)n1. The molecule has 2 bridgehead atoms. The number of nitrogens with zero attached hydrogens (tertiary/aromatic N) is 4. The van der Waals surface area contributed by atoms with Crippen LogP contribution >= 0.6 is 0 Å². The number of aromatic nitrogens is 2. The number of hydrogen-bond donors (Lipinski definition) is 0. The number of piperidine rings is 3. The molecule has 3 fully saturated rings. The third-order valence-corrected chi connectivity index (χ3v) is 5.49. The normalized spacial score (nSPS) is 32.9. The molecule has 0 N–H and O–H groups in total. The summed E-state index contributed by atoms with van der Waals surface area (Å²) < 4.78 is 10.4. The first-order chi connectivity index (χ1) is 10.8. The second-order valence-corrected chi connectivity index (χ2v) is 7.15. The molecular weight excluding hydrogens is 280 g/mol. The Hall–Kier alpha value is -0.980. The van der Waals surface area contributed by atoms with Crippen molar-refractivity contribution >= 4 is 0 Å². The number of hydrogen-bond acceptors (Lipinski definition) is 6. The highest BCUT2D eigenvalue weighted by molar-refractivity contribution is 4.96. The van der Waals surface area contributed by atoms with Crippen LogP contribution in [0.2, 0.25) is 0 Å². The van der Waals surface area contributed by atoms with E-state index in [4.69, 9.17) is 9.26 Å². The third kappa shape index (κ3) is 2.92. The highest BCUT2D eigenvalue weighted by Crippen LogP contribution is 2.37. The number of rotatable bonds is 4. The van der Waals surface area contributed by atoms with Crippen molar-refractivity contribution in [2.24, 2.45) is 11.8 Å². The molecule has 0 radical (unpaired) electrons. The van der Waals surface area contributed by atoms with Crippen molar-refractivity contribution in [3.63, 3.8) is 0 Å². The molecular formula is C16H26N4O2. The average Bonchev–Trinajstić information content (AvgIpc) is 2.95. The fraction of sp³-hybridized carbons (Fsp3) is 0.875. The van der Waals surface area contributed by atoms with Gasteiger partial charge in [-0.05, 0) is 37.6 Å². The van der Waals surface area contributed by atoms with Gasteiger partial charge < -0.3 is 9.26 Å². The molecule has 0 saturated carbocycles. The van der Waals surface area contributed by atoms with Gasteiger partial charge in [-0.3, -0.25) is 9.80 Å². The van der Waals surface area contributed by atoms with E-state index in [1.54, 1.807) is 7.11 Å². The van der Waals surface area contributed by atoms with Gasteiger partial charge in [0, 0.05) is 32.8 Å². The van der Waals surface area contributed by atoms with Crippen molar-refractivity contribution in [3.8, 4) is 0 Å². The van der Waals surface area contributed by atoms with E-state index in [1.165, 1.54) is 51.9 Å². The lowest BCUT2D eigenvalue weighted by Crippen LogP contribution is -2.58. The summed E-state index contributed by atoms with van der Waals surface area (Å²) in [6.07, 6.45) is 5.61. The predicted molar refractivity (Wildman–Crippen MR) is 81.1 cm³/mol. The Kier molecular flexibility index (Phi) is 4.15. The molecule has 4 rings (SSSR count).